The quantitative estimate of drug-likeness (QED) is 0.529. The molecule has 3 rings (SSSR count). The van der Waals surface area contributed by atoms with Gasteiger partial charge in [-0.25, -0.2) is 9.37 Å². The molecule has 0 saturated carbocycles. The van der Waals surface area contributed by atoms with Crippen LogP contribution in [-0.2, 0) is 11.8 Å². The van der Waals surface area contributed by atoms with E-state index in [-0.39, 0.29) is 16.9 Å². The Balaban J connectivity index is 1.74. The van der Waals surface area contributed by atoms with Crippen molar-refractivity contribution < 1.29 is 9.18 Å². The number of hydrogen-bond donors (Lipinski definition) is 1. The fourth-order valence-corrected chi connectivity index (χ4v) is 3.20. The Morgan fingerprint density at radius 2 is 2.04 bits per heavy atom. The molecule has 0 saturated heterocycles. The molecule has 1 unspecified atom stereocenters. The number of rotatable bonds is 5. The van der Waals surface area contributed by atoms with Crippen molar-refractivity contribution in [2.45, 2.75) is 17.3 Å². The highest BCUT2D eigenvalue weighted by molar-refractivity contribution is 8.00. The monoisotopic (exact) mass is 391 g/mol. The molecular formula is C17H15ClFN5OS. The van der Waals surface area contributed by atoms with Gasteiger partial charge in [0, 0.05) is 13.2 Å². The molecule has 1 aromatic carbocycles. The third-order valence-electron chi connectivity index (χ3n) is 3.62. The summed E-state index contributed by atoms with van der Waals surface area (Å²) < 4.78 is 15.6. The van der Waals surface area contributed by atoms with Crippen molar-refractivity contribution in [1.82, 2.24) is 19.7 Å². The number of carbonyl (C=O) groups excluding carboxylic acids is 1. The van der Waals surface area contributed by atoms with Gasteiger partial charge in [0.05, 0.1) is 16.5 Å². The van der Waals surface area contributed by atoms with Gasteiger partial charge >= 0.3 is 0 Å². The number of thioether (sulfide) groups is 1. The van der Waals surface area contributed by atoms with Crippen LogP contribution in [0.25, 0.3) is 11.4 Å². The average Bonchev–Trinajstić information content (AvgIpc) is 2.98. The summed E-state index contributed by atoms with van der Waals surface area (Å²) >= 11 is 7.17. The lowest BCUT2D eigenvalue weighted by Crippen LogP contribution is -2.23. The van der Waals surface area contributed by atoms with Crippen LogP contribution in [0.3, 0.4) is 0 Å². The number of halogens is 2. The smallest absolute Gasteiger partial charge is 0.237 e. The van der Waals surface area contributed by atoms with Gasteiger partial charge in [-0.3, -0.25) is 4.79 Å². The fraction of sp³-hybridized carbons (Fsp3) is 0.176. The molecule has 0 fully saturated rings. The third kappa shape index (κ3) is 3.86. The predicted octanol–water partition coefficient (Wildman–Crippen LogP) is 3.79. The molecule has 1 atom stereocenters. The number of amides is 1. The van der Waals surface area contributed by atoms with Crippen LogP contribution in [0.1, 0.15) is 6.92 Å². The van der Waals surface area contributed by atoms with Crippen LogP contribution in [0.4, 0.5) is 10.1 Å². The zero-order valence-corrected chi connectivity index (χ0v) is 15.6. The van der Waals surface area contributed by atoms with Gasteiger partial charge in [0.2, 0.25) is 5.91 Å². The predicted molar refractivity (Wildman–Crippen MR) is 99.6 cm³/mol. The molecule has 1 amide bonds. The number of carbonyl (C=O) groups is 1. The van der Waals surface area contributed by atoms with Crippen molar-refractivity contribution >= 4 is 35.0 Å². The summed E-state index contributed by atoms with van der Waals surface area (Å²) in [6.07, 6.45) is 1.54. The molecule has 0 radical (unpaired) electrons. The summed E-state index contributed by atoms with van der Waals surface area (Å²) in [5.41, 5.74) is 0.797. The van der Waals surface area contributed by atoms with Gasteiger partial charge < -0.3 is 9.88 Å². The molecule has 3 aromatic rings. The highest BCUT2D eigenvalue weighted by Crippen LogP contribution is 2.28. The lowest BCUT2D eigenvalue weighted by atomic mass is 10.2. The summed E-state index contributed by atoms with van der Waals surface area (Å²) in [4.78, 5) is 16.3. The molecule has 9 heteroatoms. The van der Waals surface area contributed by atoms with Crippen molar-refractivity contribution in [2.24, 2.45) is 7.05 Å². The minimum absolute atomic E-state index is 0.221. The van der Waals surface area contributed by atoms with E-state index in [1.54, 1.807) is 55.1 Å². The number of pyridine rings is 1. The van der Waals surface area contributed by atoms with Crippen molar-refractivity contribution in [3.8, 4) is 11.4 Å². The second kappa shape index (κ2) is 7.84. The van der Waals surface area contributed by atoms with Crippen molar-refractivity contribution in [2.75, 3.05) is 5.32 Å². The maximum atomic E-state index is 14.0. The van der Waals surface area contributed by atoms with E-state index in [0.717, 1.165) is 0 Å². The molecule has 134 valence electrons. The van der Waals surface area contributed by atoms with Crippen LogP contribution < -0.4 is 5.32 Å². The molecule has 2 heterocycles. The van der Waals surface area contributed by atoms with Crippen molar-refractivity contribution in [3.05, 3.63) is 53.6 Å². The van der Waals surface area contributed by atoms with E-state index >= 15 is 0 Å². The highest BCUT2D eigenvalue weighted by Gasteiger charge is 2.21. The van der Waals surface area contributed by atoms with Crippen LogP contribution in [0, 0.1) is 5.82 Å². The van der Waals surface area contributed by atoms with Crippen molar-refractivity contribution in [1.29, 1.82) is 0 Å². The minimum Gasteiger partial charge on any atom is -0.322 e. The Bertz CT molecular complexity index is 948. The molecule has 0 aliphatic carbocycles. The summed E-state index contributed by atoms with van der Waals surface area (Å²) in [6, 6.07) is 9.69. The Labute approximate surface area is 158 Å². The molecule has 0 aliphatic rings. The summed E-state index contributed by atoms with van der Waals surface area (Å²) in [5.74, 6) is -0.231. The Morgan fingerprint density at radius 1 is 1.27 bits per heavy atom. The van der Waals surface area contributed by atoms with Gasteiger partial charge in [-0.05, 0) is 31.2 Å². The molecule has 6 nitrogen and oxygen atoms in total. The molecule has 2 aromatic heterocycles. The Kier molecular flexibility index (Phi) is 5.53. The van der Waals surface area contributed by atoms with Gasteiger partial charge in [-0.2, -0.15) is 0 Å². The van der Waals surface area contributed by atoms with E-state index in [2.05, 4.69) is 20.5 Å². The van der Waals surface area contributed by atoms with Gasteiger partial charge in [-0.1, -0.05) is 35.5 Å². The molecule has 0 spiro atoms. The number of aromatic nitrogens is 4. The minimum atomic E-state index is -0.470. The Hall–Kier alpha value is -2.45. The normalized spacial score (nSPS) is 12.0. The van der Waals surface area contributed by atoms with E-state index < -0.39 is 5.25 Å². The molecular weight excluding hydrogens is 377 g/mol. The number of benzene rings is 1. The van der Waals surface area contributed by atoms with Gasteiger partial charge in [0.25, 0.3) is 0 Å². The van der Waals surface area contributed by atoms with E-state index in [1.165, 1.54) is 17.8 Å². The zero-order valence-electron chi connectivity index (χ0n) is 14.0. The lowest BCUT2D eigenvalue weighted by molar-refractivity contribution is -0.115. The second-order valence-electron chi connectivity index (χ2n) is 5.44. The van der Waals surface area contributed by atoms with E-state index in [9.17, 15) is 9.18 Å². The summed E-state index contributed by atoms with van der Waals surface area (Å²) in [5, 5.41) is 11.1. The summed E-state index contributed by atoms with van der Waals surface area (Å²) in [7, 11) is 1.73. The first-order chi connectivity index (χ1) is 12.5. The van der Waals surface area contributed by atoms with Crippen molar-refractivity contribution in [3.63, 3.8) is 0 Å². The molecule has 1 N–H and O–H groups in total. The number of nitrogens with zero attached hydrogens (tertiary/aromatic N) is 4. The maximum absolute atomic E-state index is 14.0. The number of anilines is 1. The maximum Gasteiger partial charge on any atom is 0.237 e. The first-order valence-corrected chi connectivity index (χ1v) is 8.95. The van der Waals surface area contributed by atoms with Crippen LogP contribution in [0.5, 0.6) is 0 Å². The molecule has 0 bridgehead atoms. The standard InChI is InChI=1S/C17H15ClFN5OS/c1-10(16(25)21-13-8-5-9-20-14(13)18)26-17-23-22-15(24(17)2)11-6-3-4-7-12(11)19/h3-10H,1-2H3,(H,21,25). The molecule has 0 aliphatic heterocycles. The third-order valence-corrected chi connectivity index (χ3v) is 5.05. The first kappa shape index (κ1) is 18.3. The first-order valence-electron chi connectivity index (χ1n) is 7.69. The van der Waals surface area contributed by atoms with Crippen LogP contribution >= 0.6 is 23.4 Å². The fourth-order valence-electron chi connectivity index (χ4n) is 2.22. The second-order valence-corrected chi connectivity index (χ2v) is 7.10. The highest BCUT2D eigenvalue weighted by atomic mass is 35.5. The average molecular weight is 392 g/mol. The van der Waals surface area contributed by atoms with E-state index in [4.69, 9.17) is 11.6 Å². The van der Waals surface area contributed by atoms with Gasteiger partial charge in [-0.15, -0.1) is 10.2 Å². The van der Waals surface area contributed by atoms with E-state index in [0.29, 0.717) is 22.2 Å². The molecule has 26 heavy (non-hydrogen) atoms. The lowest BCUT2D eigenvalue weighted by Gasteiger charge is -2.12. The number of hydrogen-bond acceptors (Lipinski definition) is 5. The number of nitrogens with one attached hydrogen (secondary N) is 1. The summed E-state index contributed by atoms with van der Waals surface area (Å²) in [6.45, 7) is 1.74. The van der Waals surface area contributed by atoms with Gasteiger partial charge in [0.15, 0.2) is 16.1 Å². The SMILES string of the molecule is CC(Sc1nnc(-c2ccccc2F)n1C)C(=O)Nc1cccnc1Cl. The largest absolute Gasteiger partial charge is 0.322 e. The topological polar surface area (TPSA) is 72.7 Å². The Morgan fingerprint density at radius 3 is 2.77 bits per heavy atom. The van der Waals surface area contributed by atoms with Crippen LogP contribution in [0.15, 0.2) is 47.8 Å². The van der Waals surface area contributed by atoms with E-state index in [1.807, 2.05) is 0 Å². The van der Waals surface area contributed by atoms with Crippen LogP contribution in [-0.4, -0.2) is 30.9 Å². The van der Waals surface area contributed by atoms with Gasteiger partial charge in [0.1, 0.15) is 5.82 Å². The zero-order chi connectivity index (χ0) is 18.7. The van der Waals surface area contributed by atoms with Crippen LogP contribution in [0.2, 0.25) is 5.15 Å².